The molecule has 2 heterocycles. The van der Waals surface area contributed by atoms with E-state index in [1.165, 1.54) is 0 Å². The predicted molar refractivity (Wildman–Crippen MR) is 141 cm³/mol. The van der Waals surface area contributed by atoms with Gasteiger partial charge in [0.2, 0.25) is 5.91 Å². The molecule has 2 aliphatic heterocycles. The molecule has 0 aromatic heterocycles. The van der Waals surface area contributed by atoms with Gasteiger partial charge in [-0.3, -0.25) is 19.3 Å². The fourth-order valence-electron chi connectivity index (χ4n) is 4.17. The molecule has 0 spiro atoms. The third-order valence-electron chi connectivity index (χ3n) is 6.06. The van der Waals surface area contributed by atoms with Gasteiger partial charge in [0.1, 0.15) is 18.0 Å². The first-order valence-corrected chi connectivity index (χ1v) is 12.5. The van der Waals surface area contributed by atoms with Crippen LogP contribution in [0.2, 0.25) is 0 Å². The fraction of sp³-hybridized carbons (Fsp3) is 0.179. The zero-order chi connectivity index (χ0) is 24.9. The lowest BCUT2D eigenvalue weighted by molar-refractivity contribution is -0.136. The molecule has 0 aliphatic carbocycles. The summed E-state index contributed by atoms with van der Waals surface area (Å²) in [7, 11) is 0. The first kappa shape index (κ1) is 23.7. The topological polar surface area (TPSA) is 70.2 Å². The van der Waals surface area contributed by atoms with Crippen LogP contribution >= 0.6 is 11.8 Å². The van der Waals surface area contributed by atoms with Crippen LogP contribution in [0.3, 0.4) is 0 Å². The SMILES string of the molecule is O=C(CN1C(=O)SC(=Cc2cccc(Oc3ccccc3)c2)C1=O)N1CCN(c2ccccc2)CC1. The standard InChI is InChI=1S/C28H25N3O4S/c32-26(30-16-14-29(15-17-30)22-9-3-1-4-10-22)20-31-27(33)25(36-28(31)34)19-21-8-7-13-24(18-21)35-23-11-5-2-6-12-23/h1-13,18-19H,14-17,20H2. The van der Waals surface area contributed by atoms with Gasteiger partial charge in [0.05, 0.1) is 4.91 Å². The van der Waals surface area contributed by atoms with Gasteiger partial charge in [0.15, 0.2) is 0 Å². The Kier molecular flexibility index (Phi) is 7.04. The van der Waals surface area contributed by atoms with Crippen LogP contribution in [0.15, 0.2) is 89.8 Å². The monoisotopic (exact) mass is 499 g/mol. The van der Waals surface area contributed by atoms with Gasteiger partial charge >= 0.3 is 0 Å². The molecule has 2 saturated heterocycles. The smallest absolute Gasteiger partial charge is 0.294 e. The Morgan fingerprint density at radius 3 is 2.22 bits per heavy atom. The lowest BCUT2D eigenvalue weighted by atomic mass is 10.2. The first-order chi connectivity index (χ1) is 17.6. The van der Waals surface area contributed by atoms with Crippen LogP contribution in [-0.4, -0.2) is 59.6 Å². The Bertz CT molecular complexity index is 1290. The van der Waals surface area contributed by atoms with Gasteiger partial charge in [-0.1, -0.05) is 48.5 Å². The Hall–Kier alpha value is -4.04. The summed E-state index contributed by atoms with van der Waals surface area (Å²) in [5, 5.41) is -0.431. The number of anilines is 1. The van der Waals surface area contributed by atoms with E-state index in [2.05, 4.69) is 4.90 Å². The first-order valence-electron chi connectivity index (χ1n) is 11.7. The number of carbonyl (C=O) groups excluding carboxylic acids is 3. The number of nitrogens with zero attached hydrogens (tertiary/aromatic N) is 3. The van der Waals surface area contributed by atoms with Crippen molar-refractivity contribution < 1.29 is 19.1 Å². The Morgan fingerprint density at radius 2 is 1.50 bits per heavy atom. The van der Waals surface area contributed by atoms with E-state index in [0.29, 0.717) is 42.6 Å². The Morgan fingerprint density at radius 1 is 0.833 bits per heavy atom. The molecule has 8 heteroatoms. The van der Waals surface area contributed by atoms with Gasteiger partial charge in [-0.2, -0.15) is 0 Å². The molecule has 2 aliphatic rings. The molecule has 0 radical (unpaired) electrons. The molecule has 0 bridgehead atoms. The van der Waals surface area contributed by atoms with Crippen molar-refractivity contribution in [3.63, 3.8) is 0 Å². The van der Waals surface area contributed by atoms with Crippen molar-refractivity contribution in [3.05, 3.63) is 95.4 Å². The minimum atomic E-state index is -0.448. The molecule has 182 valence electrons. The number of rotatable bonds is 6. The summed E-state index contributed by atoms with van der Waals surface area (Å²) in [5.74, 6) is 0.664. The molecule has 2 fully saturated rings. The average Bonchev–Trinajstić information content (AvgIpc) is 3.17. The lowest BCUT2D eigenvalue weighted by Crippen LogP contribution is -2.51. The van der Waals surface area contributed by atoms with Crippen molar-refractivity contribution >= 4 is 40.6 Å². The summed E-state index contributed by atoms with van der Waals surface area (Å²) in [6.07, 6.45) is 1.66. The van der Waals surface area contributed by atoms with Gasteiger partial charge in [-0.15, -0.1) is 0 Å². The van der Waals surface area contributed by atoms with Gasteiger partial charge < -0.3 is 14.5 Å². The number of amides is 3. The number of hydrogen-bond acceptors (Lipinski definition) is 6. The number of piperazine rings is 1. The van der Waals surface area contributed by atoms with Crippen molar-refractivity contribution in [3.8, 4) is 11.5 Å². The largest absolute Gasteiger partial charge is 0.457 e. The molecular weight excluding hydrogens is 474 g/mol. The molecule has 3 aromatic carbocycles. The summed E-state index contributed by atoms with van der Waals surface area (Å²) in [6.45, 7) is 2.27. The van der Waals surface area contributed by atoms with Crippen LogP contribution in [0.5, 0.6) is 11.5 Å². The molecule has 3 amide bonds. The highest BCUT2D eigenvalue weighted by atomic mass is 32.2. The van der Waals surface area contributed by atoms with E-state index in [9.17, 15) is 14.4 Å². The second-order valence-corrected chi connectivity index (χ2v) is 9.45. The number of thioether (sulfide) groups is 1. The van der Waals surface area contributed by atoms with Crippen LogP contribution in [0.25, 0.3) is 6.08 Å². The zero-order valence-electron chi connectivity index (χ0n) is 19.6. The van der Waals surface area contributed by atoms with Crippen LogP contribution in [0.4, 0.5) is 10.5 Å². The Balaban J connectivity index is 1.20. The fourth-order valence-corrected chi connectivity index (χ4v) is 5.01. The Labute approximate surface area is 213 Å². The summed E-state index contributed by atoms with van der Waals surface area (Å²) in [4.78, 5) is 43.7. The van der Waals surface area contributed by atoms with Crippen LogP contribution < -0.4 is 9.64 Å². The van der Waals surface area contributed by atoms with Crippen molar-refractivity contribution in [1.29, 1.82) is 0 Å². The summed E-state index contributed by atoms with van der Waals surface area (Å²) >= 11 is 0.852. The summed E-state index contributed by atoms with van der Waals surface area (Å²) in [5.41, 5.74) is 1.86. The van der Waals surface area contributed by atoms with E-state index in [1.54, 1.807) is 17.0 Å². The van der Waals surface area contributed by atoms with Gasteiger partial charge in [0.25, 0.3) is 11.1 Å². The highest BCUT2D eigenvalue weighted by molar-refractivity contribution is 8.18. The lowest BCUT2D eigenvalue weighted by Gasteiger charge is -2.36. The van der Waals surface area contributed by atoms with Crippen molar-refractivity contribution in [2.24, 2.45) is 0 Å². The maximum Gasteiger partial charge on any atom is 0.294 e. The molecular formula is C28H25N3O4S. The van der Waals surface area contributed by atoms with E-state index in [4.69, 9.17) is 4.74 Å². The van der Waals surface area contributed by atoms with E-state index in [0.717, 1.165) is 27.9 Å². The molecule has 36 heavy (non-hydrogen) atoms. The predicted octanol–water partition coefficient (Wildman–Crippen LogP) is 4.86. The van der Waals surface area contributed by atoms with E-state index < -0.39 is 11.1 Å². The van der Waals surface area contributed by atoms with E-state index in [-0.39, 0.29) is 12.5 Å². The third-order valence-corrected chi connectivity index (χ3v) is 6.96. The van der Waals surface area contributed by atoms with Crippen molar-refractivity contribution in [2.75, 3.05) is 37.6 Å². The molecule has 5 rings (SSSR count). The second-order valence-electron chi connectivity index (χ2n) is 8.46. The van der Waals surface area contributed by atoms with Crippen LogP contribution in [0, 0.1) is 0 Å². The number of para-hydroxylation sites is 2. The maximum absolute atomic E-state index is 13.0. The van der Waals surface area contributed by atoms with Crippen LogP contribution in [-0.2, 0) is 9.59 Å². The average molecular weight is 500 g/mol. The van der Waals surface area contributed by atoms with E-state index in [1.807, 2.05) is 78.9 Å². The zero-order valence-corrected chi connectivity index (χ0v) is 20.4. The highest BCUT2D eigenvalue weighted by Crippen LogP contribution is 2.33. The van der Waals surface area contributed by atoms with Crippen molar-refractivity contribution in [2.45, 2.75) is 0 Å². The number of hydrogen-bond donors (Lipinski definition) is 0. The molecule has 0 N–H and O–H groups in total. The molecule has 0 saturated carbocycles. The molecule has 7 nitrogen and oxygen atoms in total. The normalized spacial score (nSPS) is 17.1. The van der Waals surface area contributed by atoms with Gasteiger partial charge in [0, 0.05) is 31.9 Å². The van der Waals surface area contributed by atoms with Crippen LogP contribution in [0.1, 0.15) is 5.56 Å². The minimum Gasteiger partial charge on any atom is -0.457 e. The third kappa shape index (κ3) is 5.44. The number of benzene rings is 3. The number of carbonyl (C=O) groups is 3. The number of imide groups is 1. The molecule has 0 unspecified atom stereocenters. The minimum absolute atomic E-state index is 0.218. The summed E-state index contributed by atoms with van der Waals surface area (Å²) < 4.78 is 5.86. The van der Waals surface area contributed by atoms with Gasteiger partial charge in [-0.25, -0.2) is 0 Å². The molecule has 3 aromatic rings. The summed E-state index contributed by atoms with van der Waals surface area (Å²) in [6, 6.07) is 26.8. The second kappa shape index (κ2) is 10.7. The van der Waals surface area contributed by atoms with E-state index >= 15 is 0 Å². The quantitative estimate of drug-likeness (QED) is 0.451. The highest BCUT2D eigenvalue weighted by Gasteiger charge is 2.37. The molecule has 0 atom stereocenters. The maximum atomic E-state index is 13.0. The number of ether oxygens (including phenoxy) is 1. The van der Waals surface area contributed by atoms with Gasteiger partial charge in [-0.05, 0) is 59.8 Å². The van der Waals surface area contributed by atoms with Crippen molar-refractivity contribution in [1.82, 2.24) is 9.80 Å².